The van der Waals surface area contributed by atoms with Crippen molar-refractivity contribution in [2.75, 3.05) is 5.32 Å². The lowest BCUT2D eigenvalue weighted by Crippen LogP contribution is -2.13. The number of benzene rings is 1. The normalized spacial score (nSPS) is 10.2. The van der Waals surface area contributed by atoms with E-state index in [9.17, 15) is 9.18 Å². The molecule has 1 aromatic heterocycles. The molecule has 0 aliphatic heterocycles. The summed E-state index contributed by atoms with van der Waals surface area (Å²) in [6.45, 7) is 1.90. The van der Waals surface area contributed by atoms with E-state index in [4.69, 9.17) is 0 Å². The first-order valence-electron chi connectivity index (χ1n) is 5.25. The summed E-state index contributed by atoms with van der Waals surface area (Å²) in [4.78, 5) is 15.8. The molecule has 1 amide bonds. The van der Waals surface area contributed by atoms with Gasteiger partial charge in [-0.2, -0.15) is 0 Å². The minimum absolute atomic E-state index is 0.287. The molecule has 0 aliphatic carbocycles. The number of carbonyl (C=O) groups excluding carboxylic acids is 1. The first-order valence-corrected chi connectivity index (χ1v) is 6.04. The standard InChI is InChI=1S/C13H10BrFN2O/c1-8-2-4-11(14)10(6-8)13(18)17-12-5-3-9(15)7-16-12/h2-7H,1H3,(H,16,17,18). The second-order valence-corrected chi connectivity index (χ2v) is 4.65. The summed E-state index contributed by atoms with van der Waals surface area (Å²) in [6.07, 6.45) is 1.06. The minimum atomic E-state index is -0.440. The zero-order valence-corrected chi connectivity index (χ0v) is 11.2. The van der Waals surface area contributed by atoms with Crippen LogP contribution in [0.15, 0.2) is 41.0 Å². The molecule has 0 unspecified atom stereocenters. The maximum Gasteiger partial charge on any atom is 0.257 e. The number of pyridine rings is 1. The SMILES string of the molecule is Cc1ccc(Br)c(C(=O)Nc2ccc(F)cn2)c1. The summed E-state index contributed by atoms with van der Waals surface area (Å²) in [5.74, 6) is -0.413. The van der Waals surface area contributed by atoms with Crippen LogP contribution in [0.3, 0.4) is 0 Å². The Morgan fingerprint density at radius 2 is 2.11 bits per heavy atom. The van der Waals surface area contributed by atoms with Gasteiger partial charge in [0.1, 0.15) is 11.6 Å². The smallest absolute Gasteiger partial charge is 0.257 e. The van der Waals surface area contributed by atoms with E-state index in [1.165, 1.54) is 12.1 Å². The van der Waals surface area contributed by atoms with Crippen molar-refractivity contribution in [1.82, 2.24) is 4.98 Å². The van der Waals surface area contributed by atoms with Crippen molar-refractivity contribution in [3.8, 4) is 0 Å². The first-order chi connectivity index (χ1) is 8.56. The van der Waals surface area contributed by atoms with E-state index in [1.807, 2.05) is 19.1 Å². The highest BCUT2D eigenvalue weighted by molar-refractivity contribution is 9.10. The molecule has 0 fully saturated rings. The molecule has 0 saturated heterocycles. The van der Waals surface area contributed by atoms with Gasteiger partial charge in [-0.15, -0.1) is 0 Å². The highest BCUT2D eigenvalue weighted by Gasteiger charge is 2.10. The predicted octanol–water partition coefficient (Wildman–Crippen LogP) is 3.54. The van der Waals surface area contributed by atoms with Gasteiger partial charge in [0.05, 0.1) is 11.8 Å². The Morgan fingerprint density at radius 3 is 2.78 bits per heavy atom. The van der Waals surface area contributed by atoms with Crippen LogP contribution in [0.4, 0.5) is 10.2 Å². The summed E-state index contributed by atoms with van der Waals surface area (Å²) in [7, 11) is 0. The topological polar surface area (TPSA) is 42.0 Å². The molecular formula is C13H10BrFN2O. The lowest BCUT2D eigenvalue weighted by Gasteiger charge is -2.07. The van der Waals surface area contributed by atoms with Gasteiger partial charge in [-0.1, -0.05) is 11.6 Å². The van der Waals surface area contributed by atoms with Gasteiger partial charge in [-0.05, 0) is 47.1 Å². The Labute approximate surface area is 112 Å². The Morgan fingerprint density at radius 1 is 1.33 bits per heavy atom. The lowest BCUT2D eigenvalue weighted by atomic mass is 10.1. The molecule has 18 heavy (non-hydrogen) atoms. The third kappa shape index (κ3) is 2.92. The molecule has 0 spiro atoms. The number of aromatic nitrogens is 1. The summed E-state index contributed by atoms with van der Waals surface area (Å²) < 4.78 is 13.4. The van der Waals surface area contributed by atoms with E-state index in [1.54, 1.807) is 6.07 Å². The summed E-state index contributed by atoms with van der Waals surface area (Å²) in [6, 6.07) is 8.13. The van der Waals surface area contributed by atoms with E-state index >= 15 is 0 Å². The fourth-order valence-corrected chi connectivity index (χ4v) is 1.87. The van der Waals surface area contributed by atoms with Crippen molar-refractivity contribution in [3.05, 3.63) is 57.9 Å². The largest absolute Gasteiger partial charge is 0.307 e. The summed E-state index contributed by atoms with van der Waals surface area (Å²) >= 11 is 3.31. The number of nitrogens with one attached hydrogen (secondary N) is 1. The van der Waals surface area contributed by atoms with Crippen LogP contribution in [0, 0.1) is 12.7 Å². The summed E-state index contributed by atoms with van der Waals surface area (Å²) in [5.41, 5.74) is 1.50. The van der Waals surface area contributed by atoms with Gasteiger partial charge in [-0.25, -0.2) is 9.37 Å². The van der Waals surface area contributed by atoms with E-state index in [2.05, 4.69) is 26.2 Å². The Balaban J connectivity index is 2.21. The molecule has 0 atom stereocenters. The zero-order chi connectivity index (χ0) is 13.1. The van der Waals surface area contributed by atoms with Gasteiger partial charge in [-0.3, -0.25) is 4.79 Å². The number of aryl methyl sites for hydroxylation is 1. The first kappa shape index (κ1) is 12.7. The third-order valence-electron chi connectivity index (χ3n) is 2.34. The Bertz CT molecular complexity index is 584. The van der Waals surface area contributed by atoms with Crippen LogP contribution in [0.5, 0.6) is 0 Å². The second kappa shape index (κ2) is 5.27. The van der Waals surface area contributed by atoms with Crippen molar-refractivity contribution >= 4 is 27.7 Å². The number of rotatable bonds is 2. The average Bonchev–Trinajstić information content (AvgIpc) is 2.35. The fraction of sp³-hybridized carbons (Fsp3) is 0.0769. The van der Waals surface area contributed by atoms with Crippen LogP contribution in [-0.2, 0) is 0 Å². The van der Waals surface area contributed by atoms with Gasteiger partial charge >= 0.3 is 0 Å². The number of halogens is 2. The quantitative estimate of drug-likeness (QED) is 0.922. The molecule has 0 bridgehead atoms. The van der Waals surface area contributed by atoms with Gasteiger partial charge in [0, 0.05) is 4.47 Å². The molecule has 0 radical (unpaired) electrons. The molecular weight excluding hydrogens is 299 g/mol. The Hall–Kier alpha value is -1.75. The van der Waals surface area contributed by atoms with Crippen molar-refractivity contribution in [2.24, 2.45) is 0 Å². The lowest BCUT2D eigenvalue weighted by molar-refractivity contribution is 0.102. The number of carbonyl (C=O) groups is 1. The average molecular weight is 309 g/mol. The van der Waals surface area contributed by atoms with Crippen LogP contribution >= 0.6 is 15.9 Å². The van der Waals surface area contributed by atoms with Gasteiger partial charge in [0.25, 0.3) is 5.91 Å². The highest BCUT2D eigenvalue weighted by atomic mass is 79.9. The van der Waals surface area contributed by atoms with Gasteiger partial charge in [0.2, 0.25) is 0 Å². The summed E-state index contributed by atoms with van der Waals surface area (Å²) in [5, 5.41) is 2.61. The fourth-order valence-electron chi connectivity index (χ4n) is 1.45. The Kier molecular flexibility index (Phi) is 3.72. The van der Waals surface area contributed by atoms with Crippen molar-refractivity contribution < 1.29 is 9.18 Å². The van der Waals surface area contributed by atoms with E-state index < -0.39 is 5.82 Å². The number of anilines is 1. The molecule has 92 valence electrons. The molecule has 0 aliphatic rings. The number of hydrogen-bond acceptors (Lipinski definition) is 2. The molecule has 2 rings (SSSR count). The van der Waals surface area contributed by atoms with E-state index in [0.717, 1.165) is 11.8 Å². The molecule has 2 aromatic rings. The van der Waals surface area contributed by atoms with E-state index in [-0.39, 0.29) is 5.91 Å². The highest BCUT2D eigenvalue weighted by Crippen LogP contribution is 2.19. The molecule has 1 aromatic carbocycles. The molecule has 3 nitrogen and oxygen atoms in total. The maximum absolute atomic E-state index is 12.7. The molecule has 5 heteroatoms. The maximum atomic E-state index is 12.7. The van der Waals surface area contributed by atoms with E-state index in [0.29, 0.717) is 15.9 Å². The minimum Gasteiger partial charge on any atom is -0.307 e. The van der Waals surface area contributed by atoms with Crippen LogP contribution in [-0.4, -0.2) is 10.9 Å². The number of nitrogens with zero attached hydrogens (tertiary/aromatic N) is 1. The van der Waals surface area contributed by atoms with Crippen LogP contribution < -0.4 is 5.32 Å². The predicted molar refractivity (Wildman–Crippen MR) is 71.0 cm³/mol. The molecule has 1 heterocycles. The monoisotopic (exact) mass is 308 g/mol. The van der Waals surface area contributed by atoms with Gasteiger partial charge in [0.15, 0.2) is 0 Å². The van der Waals surface area contributed by atoms with Crippen molar-refractivity contribution in [3.63, 3.8) is 0 Å². The van der Waals surface area contributed by atoms with Crippen molar-refractivity contribution in [1.29, 1.82) is 0 Å². The van der Waals surface area contributed by atoms with Crippen LogP contribution in [0.25, 0.3) is 0 Å². The number of hydrogen-bond donors (Lipinski definition) is 1. The van der Waals surface area contributed by atoms with Gasteiger partial charge < -0.3 is 5.32 Å². The van der Waals surface area contributed by atoms with Crippen molar-refractivity contribution in [2.45, 2.75) is 6.92 Å². The molecule has 0 saturated carbocycles. The van der Waals surface area contributed by atoms with Crippen LogP contribution in [0.2, 0.25) is 0 Å². The zero-order valence-electron chi connectivity index (χ0n) is 9.58. The number of amides is 1. The second-order valence-electron chi connectivity index (χ2n) is 3.80. The van der Waals surface area contributed by atoms with Crippen LogP contribution in [0.1, 0.15) is 15.9 Å². The third-order valence-corrected chi connectivity index (χ3v) is 3.03. The molecule has 1 N–H and O–H groups in total.